The number of nitrogens with two attached hydrogens (primary N) is 1. The average molecular weight is 320 g/mol. The van der Waals surface area contributed by atoms with E-state index in [4.69, 9.17) is 17.3 Å². The maximum Gasteiger partial charge on any atom is 0.282 e. The van der Waals surface area contributed by atoms with Crippen molar-refractivity contribution in [3.8, 4) is 0 Å². The van der Waals surface area contributed by atoms with Crippen LogP contribution in [-0.2, 0) is 10.2 Å². The SMILES string of the molecule is CC(c1cccc(Cl)c1)N(C)S(=O)(=O)N(C)CCCN. The molecule has 1 unspecified atom stereocenters. The molecule has 0 fully saturated rings. The average Bonchev–Trinajstić information content (AvgIpc) is 2.42. The Hall–Kier alpha value is -0.660. The molecule has 0 aliphatic rings. The van der Waals surface area contributed by atoms with E-state index in [2.05, 4.69) is 0 Å². The number of hydrogen-bond acceptors (Lipinski definition) is 3. The number of halogens is 1. The van der Waals surface area contributed by atoms with Crippen molar-refractivity contribution < 1.29 is 8.42 Å². The van der Waals surface area contributed by atoms with Gasteiger partial charge in [0.25, 0.3) is 10.2 Å². The molecule has 1 atom stereocenters. The van der Waals surface area contributed by atoms with Crippen molar-refractivity contribution in [3.63, 3.8) is 0 Å². The van der Waals surface area contributed by atoms with E-state index in [1.165, 1.54) is 8.61 Å². The van der Waals surface area contributed by atoms with Crippen molar-refractivity contribution in [1.82, 2.24) is 8.61 Å². The highest BCUT2D eigenvalue weighted by atomic mass is 35.5. The van der Waals surface area contributed by atoms with Crippen LogP contribution in [0, 0.1) is 0 Å². The van der Waals surface area contributed by atoms with Crippen molar-refractivity contribution in [1.29, 1.82) is 0 Å². The van der Waals surface area contributed by atoms with Crippen LogP contribution in [0.25, 0.3) is 0 Å². The van der Waals surface area contributed by atoms with E-state index in [0.29, 0.717) is 24.5 Å². The summed E-state index contributed by atoms with van der Waals surface area (Å²) in [5.74, 6) is 0. The van der Waals surface area contributed by atoms with Gasteiger partial charge in [-0.15, -0.1) is 0 Å². The Kier molecular flexibility index (Phi) is 6.42. The summed E-state index contributed by atoms with van der Waals surface area (Å²) in [6.45, 7) is 2.71. The molecule has 0 radical (unpaired) electrons. The lowest BCUT2D eigenvalue weighted by molar-refractivity contribution is 0.348. The molecular formula is C13H22ClN3O2S. The minimum absolute atomic E-state index is 0.293. The van der Waals surface area contributed by atoms with Gasteiger partial charge in [-0.25, -0.2) is 0 Å². The molecule has 0 amide bonds. The lowest BCUT2D eigenvalue weighted by atomic mass is 10.1. The molecular weight excluding hydrogens is 298 g/mol. The Balaban J connectivity index is 2.90. The quantitative estimate of drug-likeness (QED) is 0.834. The molecule has 0 saturated heterocycles. The van der Waals surface area contributed by atoms with Crippen molar-refractivity contribution in [2.45, 2.75) is 19.4 Å². The van der Waals surface area contributed by atoms with Crippen LogP contribution in [0.4, 0.5) is 0 Å². The molecule has 0 aromatic heterocycles. The normalized spacial score (nSPS) is 13.9. The Morgan fingerprint density at radius 1 is 1.35 bits per heavy atom. The zero-order valence-corrected chi connectivity index (χ0v) is 13.7. The molecule has 1 aromatic rings. The van der Waals surface area contributed by atoms with Gasteiger partial charge in [-0.2, -0.15) is 17.0 Å². The fraction of sp³-hybridized carbons (Fsp3) is 0.538. The van der Waals surface area contributed by atoms with Crippen LogP contribution in [0.1, 0.15) is 24.9 Å². The van der Waals surface area contributed by atoms with Crippen molar-refractivity contribution >= 4 is 21.8 Å². The van der Waals surface area contributed by atoms with Gasteiger partial charge in [-0.1, -0.05) is 23.7 Å². The largest absolute Gasteiger partial charge is 0.330 e. The number of hydrogen-bond donors (Lipinski definition) is 1. The third kappa shape index (κ3) is 4.17. The van der Waals surface area contributed by atoms with E-state index < -0.39 is 10.2 Å². The van der Waals surface area contributed by atoms with Crippen LogP contribution in [0.15, 0.2) is 24.3 Å². The van der Waals surface area contributed by atoms with Crippen LogP contribution >= 0.6 is 11.6 Å². The highest BCUT2D eigenvalue weighted by Gasteiger charge is 2.28. The molecule has 2 N–H and O–H groups in total. The Morgan fingerprint density at radius 2 is 2.00 bits per heavy atom. The van der Waals surface area contributed by atoms with Crippen LogP contribution in [0.3, 0.4) is 0 Å². The van der Waals surface area contributed by atoms with Crippen LogP contribution < -0.4 is 5.73 Å². The predicted molar refractivity (Wildman–Crippen MR) is 82.9 cm³/mol. The van der Waals surface area contributed by atoms with Gasteiger partial charge in [-0.05, 0) is 37.6 Å². The lowest BCUT2D eigenvalue weighted by Crippen LogP contribution is -2.41. The van der Waals surface area contributed by atoms with E-state index in [1.54, 1.807) is 26.2 Å². The molecule has 5 nitrogen and oxygen atoms in total. The minimum atomic E-state index is -3.50. The molecule has 114 valence electrons. The van der Waals surface area contributed by atoms with Gasteiger partial charge in [0.1, 0.15) is 0 Å². The van der Waals surface area contributed by atoms with E-state index in [9.17, 15) is 8.42 Å². The van der Waals surface area contributed by atoms with Crippen LogP contribution in [0.5, 0.6) is 0 Å². The molecule has 1 rings (SSSR count). The molecule has 0 heterocycles. The van der Waals surface area contributed by atoms with Gasteiger partial charge in [0.15, 0.2) is 0 Å². The summed E-state index contributed by atoms with van der Waals surface area (Å²) in [6.07, 6.45) is 0.634. The Bertz CT molecular complexity index is 536. The first-order valence-corrected chi connectivity index (χ1v) is 8.23. The molecule has 1 aromatic carbocycles. The van der Waals surface area contributed by atoms with Crippen molar-refractivity contribution in [3.05, 3.63) is 34.9 Å². The van der Waals surface area contributed by atoms with E-state index in [1.807, 2.05) is 19.1 Å². The van der Waals surface area contributed by atoms with Gasteiger partial charge >= 0.3 is 0 Å². The lowest BCUT2D eigenvalue weighted by Gasteiger charge is -2.29. The van der Waals surface area contributed by atoms with E-state index in [0.717, 1.165) is 5.56 Å². The van der Waals surface area contributed by atoms with Gasteiger partial charge < -0.3 is 5.73 Å². The molecule has 0 saturated carbocycles. The smallest absolute Gasteiger partial charge is 0.282 e. The zero-order chi connectivity index (χ0) is 15.3. The van der Waals surface area contributed by atoms with Gasteiger partial charge in [-0.3, -0.25) is 0 Å². The number of benzene rings is 1. The fourth-order valence-electron chi connectivity index (χ4n) is 1.83. The van der Waals surface area contributed by atoms with E-state index in [-0.39, 0.29) is 6.04 Å². The highest BCUT2D eigenvalue weighted by molar-refractivity contribution is 7.86. The second-order valence-electron chi connectivity index (χ2n) is 4.72. The first-order chi connectivity index (χ1) is 9.30. The molecule has 0 spiro atoms. The molecule has 0 bridgehead atoms. The maximum absolute atomic E-state index is 12.4. The summed E-state index contributed by atoms with van der Waals surface area (Å²) < 4.78 is 27.5. The predicted octanol–water partition coefficient (Wildman–Crippen LogP) is 1.86. The van der Waals surface area contributed by atoms with Crippen molar-refractivity contribution in [2.75, 3.05) is 27.2 Å². The molecule has 7 heteroatoms. The first-order valence-electron chi connectivity index (χ1n) is 6.45. The molecule has 0 aliphatic heterocycles. The maximum atomic E-state index is 12.4. The van der Waals surface area contributed by atoms with E-state index >= 15 is 0 Å². The minimum Gasteiger partial charge on any atom is -0.330 e. The van der Waals surface area contributed by atoms with Crippen molar-refractivity contribution in [2.24, 2.45) is 5.73 Å². The zero-order valence-electron chi connectivity index (χ0n) is 12.1. The summed E-state index contributed by atoms with van der Waals surface area (Å²) in [7, 11) is -0.372. The van der Waals surface area contributed by atoms with Crippen LogP contribution in [-0.4, -0.2) is 44.2 Å². The molecule has 0 aliphatic carbocycles. The summed E-state index contributed by atoms with van der Waals surface area (Å²) in [5, 5.41) is 0.594. The molecule has 20 heavy (non-hydrogen) atoms. The standard InChI is InChI=1S/C13H22ClN3O2S/c1-11(12-6-4-7-13(14)10-12)17(3)20(18,19)16(2)9-5-8-15/h4,6-7,10-11H,5,8-9,15H2,1-3H3. The summed E-state index contributed by atoms with van der Waals surface area (Å²) in [6, 6.07) is 6.92. The monoisotopic (exact) mass is 319 g/mol. The fourth-order valence-corrected chi connectivity index (χ4v) is 3.34. The first kappa shape index (κ1) is 17.4. The topological polar surface area (TPSA) is 66.6 Å². The second kappa shape index (κ2) is 7.38. The third-order valence-electron chi connectivity index (χ3n) is 3.31. The highest BCUT2D eigenvalue weighted by Crippen LogP contribution is 2.24. The van der Waals surface area contributed by atoms with Gasteiger partial charge in [0.2, 0.25) is 0 Å². The Morgan fingerprint density at radius 3 is 2.55 bits per heavy atom. The Labute approximate surface area is 126 Å². The van der Waals surface area contributed by atoms with Crippen LogP contribution in [0.2, 0.25) is 5.02 Å². The number of nitrogens with zero attached hydrogens (tertiary/aromatic N) is 2. The number of rotatable bonds is 7. The van der Waals surface area contributed by atoms with Gasteiger partial charge in [0.05, 0.1) is 0 Å². The third-order valence-corrected chi connectivity index (χ3v) is 5.56. The summed E-state index contributed by atoms with van der Waals surface area (Å²) in [4.78, 5) is 0. The van der Waals surface area contributed by atoms with Gasteiger partial charge in [0, 0.05) is 31.7 Å². The summed E-state index contributed by atoms with van der Waals surface area (Å²) >= 11 is 5.95. The summed E-state index contributed by atoms with van der Waals surface area (Å²) in [5.41, 5.74) is 6.27. The second-order valence-corrected chi connectivity index (χ2v) is 7.25.